The number of benzene rings is 2. The number of halogens is 1. The van der Waals surface area contributed by atoms with Gasteiger partial charge >= 0.3 is 0 Å². The van der Waals surface area contributed by atoms with Crippen molar-refractivity contribution < 1.29 is 4.79 Å². The maximum Gasteiger partial charge on any atom is 0.193 e. The molecule has 0 fully saturated rings. The maximum absolute atomic E-state index is 12.1. The van der Waals surface area contributed by atoms with Crippen molar-refractivity contribution in [3.8, 4) is 0 Å². The average molecular weight is 290 g/mol. The normalized spacial score (nSPS) is 9.94. The summed E-state index contributed by atoms with van der Waals surface area (Å²) in [5.74, 6) is -0.122. The summed E-state index contributed by atoms with van der Waals surface area (Å²) in [4.78, 5) is 22.5. The zero-order valence-electron chi connectivity index (χ0n) is 8.76. The van der Waals surface area contributed by atoms with E-state index in [-0.39, 0.29) is 11.5 Å². The highest BCUT2D eigenvalue weighted by molar-refractivity contribution is 9.10. The summed E-state index contributed by atoms with van der Waals surface area (Å²) in [6, 6.07) is 13.4. The van der Waals surface area contributed by atoms with Crippen molar-refractivity contribution in [2.24, 2.45) is 5.18 Å². The van der Waals surface area contributed by atoms with E-state index in [2.05, 4.69) is 21.1 Å². The molecule has 0 aromatic heterocycles. The maximum atomic E-state index is 12.1. The molecule has 0 aliphatic carbocycles. The van der Waals surface area contributed by atoms with Crippen LogP contribution in [-0.2, 0) is 0 Å². The minimum absolute atomic E-state index is 0.122. The summed E-state index contributed by atoms with van der Waals surface area (Å²) in [5.41, 5.74) is 1.30. The highest BCUT2D eigenvalue weighted by atomic mass is 79.9. The van der Waals surface area contributed by atoms with Crippen molar-refractivity contribution in [2.45, 2.75) is 0 Å². The summed E-state index contributed by atoms with van der Waals surface area (Å²) >= 11 is 3.31. The van der Waals surface area contributed by atoms with Crippen LogP contribution in [0.4, 0.5) is 5.69 Å². The van der Waals surface area contributed by atoms with Gasteiger partial charge in [-0.2, -0.15) is 0 Å². The quantitative estimate of drug-likeness (QED) is 0.631. The van der Waals surface area contributed by atoms with Crippen LogP contribution >= 0.6 is 15.9 Å². The number of ketones is 1. The second-order valence-corrected chi connectivity index (χ2v) is 4.39. The van der Waals surface area contributed by atoms with Gasteiger partial charge in [0.05, 0.1) is 0 Å². The van der Waals surface area contributed by atoms with Crippen LogP contribution in [0.5, 0.6) is 0 Å². The molecule has 2 aromatic carbocycles. The molecule has 0 aliphatic heterocycles. The van der Waals surface area contributed by atoms with Crippen molar-refractivity contribution in [1.29, 1.82) is 0 Å². The van der Waals surface area contributed by atoms with Gasteiger partial charge in [0, 0.05) is 15.6 Å². The Bertz CT molecular complexity index is 564. The van der Waals surface area contributed by atoms with Gasteiger partial charge in [-0.3, -0.25) is 4.79 Å². The van der Waals surface area contributed by atoms with E-state index in [1.165, 1.54) is 6.07 Å². The predicted octanol–water partition coefficient (Wildman–Crippen LogP) is 4.08. The van der Waals surface area contributed by atoms with E-state index in [9.17, 15) is 9.70 Å². The number of carbonyl (C=O) groups excluding carboxylic acids is 1. The summed E-state index contributed by atoms with van der Waals surface area (Å²) < 4.78 is 0.914. The zero-order chi connectivity index (χ0) is 12.3. The first kappa shape index (κ1) is 11.7. The van der Waals surface area contributed by atoms with Gasteiger partial charge in [-0.05, 0) is 41.6 Å². The summed E-state index contributed by atoms with van der Waals surface area (Å²) in [6.07, 6.45) is 0. The molecule has 0 radical (unpaired) electrons. The molecule has 0 saturated heterocycles. The second kappa shape index (κ2) is 5.01. The first-order valence-corrected chi connectivity index (χ1v) is 5.74. The third-order valence-electron chi connectivity index (χ3n) is 2.32. The Morgan fingerprint density at radius 3 is 2.35 bits per heavy atom. The molecular weight excluding hydrogens is 282 g/mol. The predicted molar refractivity (Wildman–Crippen MR) is 69.5 cm³/mol. The number of hydrogen-bond donors (Lipinski definition) is 0. The van der Waals surface area contributed by atoms with Gasteiger partial charge < -0.3 is 0 Å². The molecule has 17 heavy (non-hydrogen) atoms. The van der Waals surface area contributed by atoms with Crippen molar-refractivity contribution in [2.75, 3.05) is 0 Å². The lowest BCUT2D eigenvalue weighted by Gasteiger charge is -2.01. The van der Waals surface area contributed by atoms with Crippen molar-refractivity contribution in [3.05, 3.63) is 69.0 Å². The van der Waals surface area contributed by atoms with Crippen molar-refractivity contribution in [1.82, 2.24) is 0 Å². The third-order valence-corrected chi connectivity index (χ3v) is 2.85. The minimum Gasteiger partial charge on any atom is -0.289 e. The fraction of sp³-hybridized carbons (Fsp3) is 0. The standard InChI is InChI=1S/C13H8BrNO2/c14-11-6-4-9(5-7-11)13(16)10-2-1-3-12(8-10)15-17/h1-8H. The summed E-state index contributed by atoms with van der Waals surface area (Å²) in [6.45, 7) is 0. The van der Waals surface area contributed by atoms with Crippen LogP contribution < -0.4 is 0 Å². The molecule has 0 spiro atoms. The monoisotopic (exact) mass is 289 g/mol. The lowest BCUT2D eigenvalue weighted by Crippen LogP contribution is -2.00. The highest BCUT2D eigenvalue weighted by Crippen LogP contribution is 2.18. The first-order chi connectivity index (χ1) is 8.20. The van der Waals surface area contributed by atoms with Crippen LogP contribution in [0.15, 0.2) is 58.2 Å². The Hall–Kier alpha value is -1.81. The molecule has 2 aromatic rings. The van der Waals surface area contributed by atoms with E-state index in [1.54, 1.807) is 42.5 Å². The van der Waals surface area contributed by atoms with E-state index >= 15 is 0 Å². The molecule has 84 valence electrons. The van der Waals surface area contributed by atoms with Crippen LogP contribution in [0.1, 0.15) is 15.9 Å². The number of nitroso groups, excluding NO2 is 1. The number of carbonyl (C=O) groups is 1. The van der Waals surface area contributed by atoms with Crippen LogP contribution in [-0.4, -0.2) is 5.78 Å². The Morgan fingerprint density at radius 1 is 1.00 bits per heavy atom. The topological polar surface area (TPSA) is 46.5 Å². The van der Waals surface area contributed by atoms with E-state index in [0.717, 1.165) is 4.47 Å². The van der Waals surface area contributed by atoms with Crippen LogP contribution in [0.2, 0.25) is 0 Å². The SMILES string of the molecule is O=Nc1cccc(C(=O)c2ccc(Br)cc2)c1. The Morgan fingerprint density at radius 2 is 1.71 bits per heavy atom. The lowest BCUT2D eigenvalue weighted by atomic mass is 10.0. The molecule has 0 amide bonds. The molecule has 0 unspecified atom stereocenters. The molecule has 0 bridgehead atoms. The van der Waals surface area contributed by atoms with Crippen molar-refractivity contribution >= 4 is 27.4 Å². The molecule has 0 heterocycles. The Labute approximate surface area is 107 Å². The first-order valence-electron chi connectivity index (χ1n) is 4.94. The fourth-order valence-corrected chi connectivity index (χ4v) is 1.74. The zero-order valence-corrected chi connectivity index (χ0v) is 10.3. The van der Waals surface area contributed by atoms with Gasteiger partial charge in [-0.15, -0.1) is 4.91 Å². The van der Waals surface area contributed by atoms with Gasteiger partial charge in [-0.25, -0.2) is 0 Å². The van der Waals surface area contributed by atoms with E-state index in [1.807, 2.05) is 0 Å². The van der Waals surface area contributed by atoms with Gasteiger partial charge in [0.1, 0.15) is 5.69 Å². The smallest absolute Gasteiger partial charge is 0.193 e. The number of rotatable bonds is 3. The lowest BCUT2D eigenvalue weighted by molar-refractivity contribution is 0.103. The average Bonchev–Trinajstić information content (AvgIpc) is 2.39. The van der Waals surface area contributed by atoms with Gasteiger partial charge in [0.2, 0.25) is 0 Å². The van der Waals surface area contributed by atoms with Crippen LogP contribution in [0.25, 0.3) is 0 Å². The van der Waals surface area contributed by atoms with Crippen molar-refractivity contribution in [3.63, 3.8) is 0 Å². The largest absolute Gasteiger partial charge is 0.289 e. The molecule has 2 rings (SSSR count). The van der Waals surface area contributed by atoms with Crippen LogP contribution in [0.3, 0.4) is 0 Å². The van der Waals surface area contributed by atoms with Gasteiger partial charge in [0.25, 0.3) is 0 Å². The summed E-state index contributed by atoms with van der Waals surface area (Å²) in [7, 11) is 0. The van der Waals surface area contributed by atoms with Gasteiger partial charge in [-0.1, -0.05) is 28.1 Å². The minimum atomic E-state index is -0.122. The third kappa shape index (κ3) is 2.65. The Kier molecular flexibility index (Phi) is 3.44. The van der Waals surface area contributed by atoms with E-state index in [0.29, 0.717) is 11.1 Å². The van der Waals surface area contributed by atoms with E-state index in [4.69, 9.17) is 0 Å². The Balaban J connectivity index is 2.36. The second-order valence-electron chi connectivity index (χ2n) is 3.48. The molecular formula is C13H8BrNO2. The molecule has 3 nitrogen and oxygen atoms in total. The van der Waals surface area contributed by atoms with E-state index < -0.39 is 0 Å². The fourth-order valence-electron chi connectivity index (χ4n) is 1.47. The van der Waals surface area contributed by atoms with Crippen LogP contribution in [0, 0.1) is 4.91 Å². The molecule has 0 atom stereocenters. The highest BCUT2D eigenvalue weighted by Gasteiger charge is 2.09. The number of nitrogens with zero attached hydrogens (tertiary/aromatic N) is 1. The van der Waals surface area contributed by atoms with Gasteiger partial charge in [0.15, 0.2) is 5.78 Å². The number of hydrogen-bond acceptors (Lipinski definition) is 3. The molecule has 4 heteroatoms. The molecule has 0 aliphatic rings. The molecule has 0 saturated carbocycles. The summed E-state index contributed by atoms with van der Waals surface area (Å²) in [5, 5.41) is 2.81. The molecule has 0 N–H and O–H groups in total.